The van der Waals surface area contributed by atoms with Crippen molar-refractivity contribution in [2.45, 2.75) is 13.3 Å². The molecule has 0 saturated carbocycles. The molecule has 0 aliphatic carbocycles. The second kappa shape index (κ2) is 7.48. The third-order valence-corrected chi connectivity index (χ3v) is 2.79. The molecule has 0 aliphatic heterocycles. The lowest BCUT2D eigenvalue weighted by Crippen LogP contribution is -2.30. The summed E-state index contributed by atoms with van der Waals surface area (Å²) >= 11 is 0. The van der Waals surface area contributed by atoms with E-state index in [1.165, 1.54) is 0 Å². The second-order valence-electron chi connectivity index (χ2n) is 4.08. The number of nitrogens with zero attached hydrogens (tertiary/aromatic N) is 2. The molecule has 0 heterocycles. The van der Waals surface area contributed by atoms with Gasteiger partial charge in [-0.05, 0) is 18.6 Å². The van der Waals surface area contributed by atoms with Crippen LogP contribution in [-0.2, 0) is 0 Å². The van der Waals surface area contributed by atoms with Crippen LogP contribution in [0.25, 0.3) is 0 Å². The van der Waals surface area contributed by atoms with Gasteiger partial charge in [-0.25, -0.2) is 0 Å². The lowest BCUT2D eigenvalue weighted by Gasteiger charge is -2.26. The van der Waals surface area contributed by atoms with Gasteiger partial charge in [0, 0.05) is 24.7 Å². The number of nitrogens with two attached hydrogens (primary N) is 1. The van der Waals surface area contributed by atoms with Gasteiger partial charge < -0.3 is 25.7 Å². The Morgan fingerprint density at radius 1 is 1.42 bits per heavy atom. The third-order valence-electron chi connectivity index (χ3n) is 2.79. The fourth-order valence-electron chi connectivity index (χ4n) is 1.91. The molecule has 0 spiro atoms. The van der Waals surface area contributed by atoms with E-state index in [1.807, 2.05) is 17.9 Å². The summed E-state index contributed by atoms with van der Waals surface area (Å²) in [5.74, 6) is 0.722. The smallest absolute Gasteiger partial charge is 0.172 e. The summed E-state index contributed by atoms with van der Waals surface area (Å²) in [6.07, 6.45) is 0.923. The number of oxime groups is 1. The minimum atomic E-state index is 0.0345. The predicted molar refractivity (Wildman–Crippen MR) is 75.1 cm³/mol. The van der Waals surface area contributed by atoms with E-state index in [0.717, 1.165) is 18.7 Å². The van der Waals surface area contributed by atoms with E-state index >= 15 is 0 Å². The molecule has 0 atom stereocenters. The Hall–Kier alpha value is -1.95. The number of benzene rings is 1. The lowest BCUT2D eigenvalue weighted by molar-refractivity contribution is 0.301. The maximum Gasteiger partial charge on any atom is 0.172 e. The molecule has 1 aromatic rings. The van der Waals surface area contributed by atoms with Crippen LogP contribution in [0.5, 0.6) is 5.75 Å². The summed E-state index contributed by atoms with van der Waals surface area (Å²) in [6, 6.07) is 5.31. The summed E-state index contributed by atoms with van der Waals surface area (Å²) in [7, 11) is 1.58. The third kappa shape index (κ3) is 3.75. The molecule has 19 heavy (non-hydrogen) atoms. The average molecular weight is 267 g/mol. The van der Waals surface area contributed by atoms with Crippen molar-refractivity contribution in [3.05, 3.63) is 23.8 Å². The van der Waals surface area contributed by atoms with Crippen LogP contribution < -0.4 is 15.4 Å². The first kappa shape index (κ1) is 15.1. The molecule has 0 bridgehead atoms. The van der Waals surface area contributed by atoms with E-state index in [4.69, 9.17) is 20.8 Å². The molecule has 0 radical (unpaired) electrons. The van der Waals surface area contributed by atoms with E-state index in [0.29, 0.717) is 17.9 Å². The van der Waals surface area contributed by atoms with Gasteiger partial charge in [0.25, 0.3) is 0 Å². The second-order valence-corrected chi connectivity index (χ2v) is 4.08. The zero-order valence-corrected chi connectivity index (χ0v) is 11.3. The number of aliphatic hydroxyl groups excluding tert-OH is 1. The number of hydrogen-bond donors (Lipinski definition) is 3. The highest BCUT2D eigenvalue weighted by atomic mass is 16.5. The monoisotopic (exact) mass is 267 g/mol. The Morgan fingerprint density at radius 2 is 2.16 bits per heavy atom. The normalized spacial score (nSPS) is 11.4. The number of hydrogen-bond acceptors (Lipinski definition) is 5. The Morgan fingerprint density at radius 3 is 2.68 bits per heavy atom. The van der Waals surface area contributed by atoms with Gasteiger partial charge in [0.1, 0.15) is 5.75 Å². The first-order chi connectivity index (χ1) is 9.17. The van der Waals surface area contributed by atoms with Gasteiger partial charge in [-0.1, -0.05) is 12.1 Å². The quantitative estimate of drug-likeness (QED) is 0.297. The number of ether oxygens (including phenoxy) is 1. The molecule has 4 N–H and O–H groups in total. The van der Waals surface area contributed by atoms with Crippen LogP contribution in [0.15, 0.2) is 23.4 Å². The maximum absolute atomic E-state index is 9.15. The minimum absolute atomic E-state index is 0.0345. The zero-order valence-electron chi connectivity index (χ0n) is 11.3. The van der Waals surface area contributed by atoms with Crippen LogP contribution in [0.3, 0.4) is 0 Å². The SMILES string of the molecule is CCCN(CCO)c1cc(OC)ccc1/C(N)=N/O. The van der Waals surface area contributed by atoms with Crippen LogP contribution in [0.1, 0.15) is 18.9 Å². The van der Waals surface area contributed by atoms with Crippen molar-refractivity contribution in [1.82, 2.24) is 0 Å². The zero-order chi connectivity index (χ0) is 14.3. The van der Waals surface area contributed by atoms with Crippen molar-refractivity contribution >= 4 is 11.5 Å². The van der Waals surface area contributed by atoms with Crippen molar-refractivity contribution in [3.8, 4) is 5.75 Å². The number of methoxy groups -OCH3 is 1. The van der Waals surface area contributed by atoms with Crippen molar-refractivity contribution < 1.29 is 15.1 Å². The van der Waals surface area contributed by atoms with E-state index in [1.54, 1.807) is 19.2 Å². The van der Waals surface area contributed by atoms with Crippen molar-refractivity contribution in [2.24, 2.45) is 10.9 Å². The van der Waals surface area contributed by atoms with Gasteiger partial charge in [-0.3, -0.25) is 0 Å². The number of rotatable bonds is 7. The number of anilines is 1. The average Bonchev–Trinajstić information content (AvgIpc) is 2.45. The van der Waals surface area contributed by atoms with E-state index in [9.17, 15) is 0 Å². The van der Waals surface area contributed by atoms with Crippen LogP contribution in [0.2, 0.25) is 0 Å². The van der Waals surface area contributed by atoms with Gasteiger partial charge >= 0.3 is 0 Å². The molecule has 0 aliphatic rings. The molecule has 6 nitrogen and oxygen atoms in total. The van der Waals surface area contributed by atoms with Crippen LogP contribution >= 0.6 is 0 Å². The first-order valence-corrected chi connectivity index (χ1v) is 6.19. The summed E-state index contributed by atoms with van der Waals surface area (Å²) in [5, 5.41) is 21.0. The Kier molecular flexibility index (Phi) is 5.95. The maximum atomic E-state index is 9.15. The number of aliphatic hydroxyl groups is 1. The molecule has 0 fully saturated rings. The van der Waals surface area contributed by atoms with Crippen LogP contribution in [0, 0.1) is 0 Å². The fraction of sp³-hybridized carbons (Fsp3) is 0.462. The largest absolute Gasteiger partial charge is 0.497 e. The molecule has 6 heteroatoms. The standard InChI is InChI=1S/C13H21N3O3/c1-3-6-16(7-8-17)12-9-10(19-2)4-5-11(12)13(14)15-18/h4-5,9,17-18H,3,6-8H2,1-2H3,(H2,14,15). The van der Waals surface area contributed by atoms with Crippen molar-refractivity contribution in [3.63, 3.8) is 0 Å². The molecule has 0 amide bonds. The number of amidine groups is 1. The Balaban J connectivity index is 3.25. The topological polar surface area (TPSA) is 91.3 Å². The van der Waals surface area contributed by atoms with Gasteiger partial charge in [-0.2, -0.15) is 0 Å². The molecular weight excluding hydrogens is 246 g/mol. The molecule has 0 aromatic heterocycles. The molecule has 1 aromatic carbocycles. The Labute approximate surface area is 113 Å². The van der Waals surface area contributed by atoms with E-state index in [2.05, 4.69) is 5.16 Å². The van der Waals surface area contributed by atoms with Gasteiger partial charge in [0.05, 0.1) is 19.4 Å². The molecular formula is C13H21N3O3. The van der Waals surface area contributed by atoms with Gasteiger partial charge in [0.2, 0.25) is 0 Å². The van der Waals surface area contributed by atoms with Gasteiger partial charge in [0.15, 0.2) is 5.84 Å². The fourth-order valence-corrected chi connectivity index (χ4v) is 1.91. The molecule has 106 valence electrons. The summed E-state index contributed by atoms with van der Waals surface area (Å²) < 4.78 is 5.20. The molecule has 0 unspecified atom stereocenters. The molecule has 1 rings (SSSR count). The summed E-state index contributed by atoms with van der Waals surface area (Å²) in [6.45, 7) is 3.33. The van der Waals surface area contributed by atoms with Crippen molar-refractivity contribution in [2.75, 3.05) is 31.7 Å². The van der Waals surface area contributed by atoms with Crippen LogP contribution in [0.4, 0.5) is 5.69 Å². The van der Waals surface area contributed by atoms with Crippen molar-refractivity contribution in [1.29, 1.82) is 0 Å². The predicted octanol–water partition coefficient (Wildman–Crippen LogP) is 0.998. The highest BCUT2D eigenvalue weighted by Crippen LogP contribution is 2.26. The summed E-state index contributed by atoms with van der Waals surface area (Å²) in [5.41, 5.74) is 7.09. The van der Waals surface area contributed by atoms with Crippen LogP contribution in [-0.4, -0.2) is 43.0 Å². The molecule has 0 saturated heterocycles. The van der Waals surface area contributed by atoms with Gasteiger partial charge in [-0.15, -0.1) is 0 Å². The Bertz CT molecular complexity index is 429. The van der Waals surface area contributed by atoms with E-state index in [-0.39, 0.29) is 12.4 Å². The summed E-state index contributed by atoms with van der Waals surface area (Å²) in [4.78, 5) is 1.98. The lowest BCUT2D eigenvalue weighted by atomic mass is 10.1. The highest BCUT2D eigenvalue weighted by molar-refractivity contribution is 6.02. The van der Waals surface area contributed by atoms with E-state index < -0.39 is 0 Å². The first-order valence-electron chi connectivity index (χ1n) is 6.19. The highest BCUT2D eigenvalue weighted by Gasteiger charge is 2.14. The minimum Gasteiger partial charge on any atom is -0.497 e.